The van der Waals surface area contributed by atoms with Crippen molar-refractivity contribution in [2.45, 2.75) is 0 Å². The smallest absolute Gasteiger partial charge is 0.187 e. The zero-order chi connectivity index (χ0) is 15.5. The maximum Gasteiger partial charge on any atom is 0.187 e. The van der Waals surface area contributed by atoms with Crippen LogP contribution < -0.4 is 10.1 Å². The molecule has 0 saturated carbocycles. The van der Waals surface area contributed by atoms with Gasteiger partial charge in [0.15, 0.2) is 5.13 Å². The minimum Gasteiger partial charge on any atom is -0.496 e. The largest absolute Gasteiger partial charge is 0.496 e. The lowest BCUT2D eigenvalue weighted by molar-refractivity contribution is 0.415. The number of methoxy groups -OCH3 is 1. The third kappa shape index (κ3) is 3.21. The van der Waals surface area contributed by atoms with Crippen LogP contribution in [0.25, 0.3) is 11.3 Å². The van der Waals surface area contributed by atoms with Gasteiger partial charge in [-0.2, -0.15) is 0 Å². The van der Waals surface area contributed by atoms with Crippen LogP contribution in [0.1, 0.15) is 0 Å². The summed E-state index contributed by atoms with van der Waals surface area (Å²) in [6.07, 6.45) is 0. The molecular weight excluding hydrogens is 323 g/mol. The number of rotatable bonds is 4. The second-order valence-electron chi connectivity index (χ2n) is 4.51. The van der Waals surface area contributed by atoms with Crippen molar-refractivity contribution in [3.8, 4) is 17.0 Å². The summed E-state index contributed by atoms with van der Waals surface area (Å²) in [5.74, 6) is 0.265. The molecule has 1 aromatic heterocycles. The summed E-state index contributed by atoms with van der Waals surface area (Å²) in [7, 11) is 1.55. The third-order valence-corrected chi connectivity index (χ3v) is 4.05. The monoisotopic (exact) mass is 334 g/mol. The summed E-state index contributed by atoms with van der Waals surface area (Å²) in [6.45, 7) is 0. The molecule has 0 spiro atoms. The molecule has 0 aliphatic carbocycles. The van der Waals surface area contributed by atoms with Crippen molar-refractivity contribution >= 4 is 33.8 Å². The number of hydrogen-bond acceptors (Lipinski definition) is 4. The summed E-state index contributed by atoms with van der Waals surface area (Å²) in [5.41, 5.74) is 2.18. The van der Waals surface area contributed by atoms with E-state index >= 15 is 0 Å². The van der Waals surface area contributed by atoms with Gasteiger partial charge >= 0.3 is 0 Å². The molecule has 0 atom stereocenters. The predicted octanol–water partition coefficient (Wildman–Crippen LogP) is 5.35. The number of ether oxygens (including phenoxy) is 1. The summed E-state index contributed by atoms with van der Waals surface area (Å²) >= 11 is 7.29. The maximum absolute atomic E-state index is 13.5. The van der Waals surface area contributed by atoms with Gasteiger partial charge in [-0.15, -0.1) is 11.3 Å². The van der Waals surface area contributed by atoms with Crippen molar-refractivity contribution in [2.24, 2.45) is 0 Å². The minimum atomic E-state index is -0.323. The number of anilines is 2. The van der Waals surface area contributed by atoms with Gasteiger partial charge < -0.3 is 10.1 Å². The molecule has 0 bridgehead atoms. The first-order valence-corrected chi connectivity index (χ1v) is 7.73. The highest BCUT2D eigenvalue weighted by Gasteiger charge is 2.11. The van der Waals surface area contributed by atoms with Gasteiger partial charge in [0.05, 0.1) is 12.8 Å². The van der Waals surface area contributed by atoms with Crippen LogP contribution in [0, 0.1) is 5.82 Å². The van der Waals surface area contributed by atoms with Crippen molar-refractivity contribution in [1.29, 1.82) is 0 Å². The molecule has 0 saturated heterocycles. The molecule has 3 aromatic rings. The van der Waals surface area contributed by atoms with Crippen LogP contribution in [0.4, 0.5) is 15.2 Å². The SMILES string of the molecule is COc1ccc(F)cc1-c1csc(Nc2ccc(Cl)cc2)n1. The molecular formula is C16H12ClFN2OS. The van der Waals surface area contributed by atoms with E-state index in [2.05, 4.69) is 10.3 Å². The lowest BCUT2D eigenvalue weighted by Gasteiger charge is -2.06. The molecule has 0 fully saturated rings. The summed E-state index contributed by atoms with van der Waals surface area (Å²) < 4.78 is 18.7. The average molecular weight is 335 g/mol. The van der Waals surface area contributed by atoms with E-state index in [0.717, 1.165) is 5.69 Å². The number of halogens is 2. The molecule has 2 aromatic carbocycles. The average Bonchev–Trinajstić information content (AvgIpc) is 2.98. The van der Waals surface area contributed by atoms with E-state index in [9.17, 15) is 4.39 Å². The fourth-order valence-electron chi connectivity index (χ4n) is 1.99. The highest BCUT2D eigenvalue weighted by atomic mass is 35.5. The Morgan fingerprint density at radius 2 is 1.95 bits per heavy atom. The van der Waals surface area contributed by atoms with Crippen molar-refractivity contribution in [3.63, 3.8) is 0 Å². The molecule has 0 aliphatic heterocycles. The van der Waals surface area contributed by atoms with E-state index in [1.807, 2.05) is 17.5 Å². The fourth-order valence-corrected chi connectivity index (χ4v) is 2.85. The number of aromatic nitrogens is 1. The zero-order valence-electron chi connectivity index (χ0n) is 11.6. The summed E-state index contributed by atoms with van der Waals surface area (Å²) in [6, 6.07) is 11.7. The molecule has 0 amide bonds. The van der Waals surface area contributed by atoms with Crippen molar-refractivity contribution in [1.82, 2.24) is 4.98 Å². The molecule has 0 unspecified atom stereocenters. The Morgan fingerprint density at radius 3 is 2.68 bits per heavy atom. The van der Waals surface area contributed by atoms with Gasteiger partial charge in [-0.3, -0.25) is 0 Å². The standard InChI is InChI=1S/C16H12ClFN2OS/c1-21-15-7-4-11(18)8-13(15)14-9-22-16(20-14)19-12-5-2-10(17)3-6-12/h2-9H,1H3,(H,19,20). The van der Waals surface area contributed by atoms with E-state index < -0.39 is 0 Å². The first-order valence-electron chi connectivity index (χ1n) is 6.48. The highest BCUT2D eigenvalue weighted by Crippen LogP contribution is 2.33. The highest BCUT2D eigenvalue weighted by molar-refractivity contribution is 7.14. The fraction of sp³-hybridized carbons (Fsp3) is 0.0625. The summed E-state index contributed by atoms with van der Waals surface area (Å²) in [5, 5.41) is 6.43. The van der Waals surface area contributed by atoms with E-state index in [4.69, 9.17) is 16.3 Å². The Morgan fingerprint density at radius 1 is 1.18 bits per heavy atom. The minimum absolute atomic E-state index is 0.323. The molecule has 22 heavy (non-hydrogen) atoms. The Hall–Kier alpha value is -2.11. The Kier molecular flexibility index (Phi) is 4.27. The van der Waals surface area contributed by atoms with Gasteiger partial charge in [0.25, 0.3) is 0 Å². The zero-order valence-corrected chi connectivity index (χ0v) is 13.2. The van der Waals surface area contributed by atoms with Gasteiger partial charge in [0, 0.05) is 21.7 Å². The molecule has 0 aliphatic rings. The molecule has 0 radical (unpaired) electrons. The van der Waals surface area contributed by atoms with E-state index in [0.29, 0.717) is 27.2 Å². The van der Waals surface area contributed by atoms with Crippen LogP contribution >= 0.6 is 22.9 Å². The topological polar surface area (TPSA) is 34.1 Å². The first-order chi connectivity index (χ1) is 10.7. The van der Waals surface area contributed by atoms with Gasteiger partial charge in [0.1, 0.15) is 11.6 Å². The Labute approximate surface area is 136 Å². The molecule has 3 nitrogen and oxygen atoms in total. The number of benzene rings is 2. The Bertz CT molecular complexity index is 789. The number of nitrogens with zero attached hydrogens (tertiary/aromatic N) is 1. The molecule has 1 N–H and O–H groups in total. The van der Waals surface area contributed by atoms with Gasteiger partial charge in [-0.25, -0.2) is 9.37 Å². The number of nitrogens with one attached hydrogen (secondary N) is 1. The molecule has 112 valence electrons. The van der Waals surface area contributed by atoms with E-state index in [1.165, 1.54) is 23.5 Å². The van der Waals surface area contributed by atoms with Crippen LogP contribution in [-0.2, 0) is 0 Å². The lowest BCUT2D eigenvalue weighted by atomic mass is 10.1. The van der Waals surface area contributed by atoms with Crippen LogP contribution in [-0.4, -0.2) is 12.1 Å². The van der Waals surface area contributed by atoms with E-state index in [1.54, 1.807) is 25.3 Å². The van der Waals surface area contributed by atoms with Crippen LogP contribution in [0.2, 0.25) is 5.02 Å². The second kappa shape index (κ2) is 6.34. The molecule has 1 heterocycles. The molecule has 6 heteroatoms. The van der Waals surface area contributed by atoms with Gasteiger partial charge in [-0.05, 0) is 42.5 Å². The maximum atomic E-state index is 13.5. The third-order valence-electron chi connectivity index (χ3n) is 3.04. The second-order valence-corrected chi connectivity index (χ2v) is 5.81. The predicted molar refractivity (Wildman–Crippen MR) is 88.8 cm³/mol. The van der Waals surface area contributed by atoms with Crippen LogP contribution in [0.15, 0.2) is 47.8 Å². The van der Waals surface area contributed by atoms with Gasteiger partial charge in [-0.1, -0.05) is 11.6 Å². The first kappa shape index (κ1) is 14.8. The number of thiazole rings is 1. The Balaban J connectivity index is 1.87. The number of hydrogen-bond donors (Lipinski definition) is 1. The lowest BCUT2D eigenvalue weighted by Crippen LogP contribution is -1.91. The van der Waals surface area contributed by atoms with Crippen molar-refractivity contribution in [2.75, 3.05) is 12.4 Å². The van der Waals surface area contributed by atoms with E-state index in [-0.39, 0.29) is 5.82 Å². The van der Waals surface area contributed by atoms with Gasteiger partial charge in [0.2, 0.25) is 0 Å². The summed E-state index contributed by atoms with van der Waals surface area (Å²) in [4.78, 5) is 4.48. The van der Waals surface area contributed by atoms with Crippen molar-refractivity contribution in [3.05, 3.63) is 58.7 Å². The van der Waals surface area contributed by atoms with Crippen LogP contribution in [0.3, 0.4) is 0 Å². The van der Waals surface area contributed by atoms with Crippen molar-refractivity contribution < 1.29 is 9.13 Å². The quantitative estimate of drug-likeness (QED) is 0.698. The van der Waals surface area contributed by atoms with Crippen LogP contribution in [0.5, 0.6) is 5.75 Å². The molecule has 3 rings (SSSR count). The normalized spacial score (nSPS) is 10.5.